The summed E-state index contributed by atoms with van der Waals surface area (Å²) >= 11 is 0. The van der Waals surface area contributed by atoms with Crippen molar-refractivity contribution in [2.24, 2.45) is 0 Å². The summed E-state index contributed by atoms with van der Waals surface area (Å²) in [7, 11) is -4.31. The van der Waals surface area contributed by atoms with E-state index in [0.717, 1.165) is 18.2 Å². The molecule has 104 valence electrons. The van der Waals surface area contributed by atoms with Crippen LogP contribution in [0.5, 0.6) is 0 Å². The molecule has 0 bridgehead atoms. The molecule has 0 aromatic heterocycles. The Bertz CT molecular complexity index is 600. The fraction of sp³-hybridized carbons (Fsp3) is 0.200. The van der Waals surface area contributed by atoms with E-state index in [1.54, 1.807) is 4.72 Å². The Morgan fingerprint density at radius 2 is 1.95 bits per heavy atom. The maximum absolute atomic E-state index is 12.9. The Morgan fingerprint density at radius 1 is 1.32 bits per heavy atom. The van der Waals surface area contributed by atoms with Crippen LogP contribution in [-0.2, 0) is 19.6 Å². The van der Waals surface area contributed by atoms with Gasteiger partial charge in [0.1, 0.15) is 11.9 Å². The minimum absolute atomic E-state index is 0.482. The largest absolute Gasteiger partial charge is 0.481 e. The molecule has 0 aliphatic carbocycles. The fourth-order valence-corrected chi connectivity index (χ4v) is 2.46. The summed E-state index contributed by atoms with van der Waals surface area (Å²) < 4.78 is 38.1. The number of halogens is 1. The van der Waals surface area contributed by atoms with Crippen molar-refractivity contribution in [3.63, 3.8) is 0 Å². The number of hydrogen-bond donors (Lipinski definition) is 3. The van der Waals surface area contributed by atoms with E-state index in [1.807, 2.05) is 0 Å². The van der Waals surface area contributed by atoms with Crippen LogP contribution in [0.3, 0.4) is 0 Å². The maximum Gasteiger partial charge on any atom is 0.322 e. The molecular weight excluding hydrogens is 281 g/mol. The summed E-state index contributed by atoms with van der Waals surface area (Å²) in [4.78, 5) is 20.7. The SMILES string of the molecule is O=C(O)C[C@H](NS(=O)(=O)c1cccc(F)c1)C(=O)O. The van der Waals surface area contributed by atoms with Crippen molar-refractivity contribution in [2.75, 3.05) is 0 Å². The van der Waals surface area contributed by atoms with Crippen LogP contribution in [0.2, 0.25) is 0 Å². The molecule has 0 fully saturated rings. The minimum Gasteiger partial charge on any atom is -0.481 e. The van der Waals surface area contributed by atoms with Crippen LogP contribution >= 0.6 is 0 Å². The first-order valence-electron chi connectivity index (χ1n) is 4.95. The van der Waals surface area contributed by atoms with Gasteiger partial charge in [-0.1, -0.05) is 6.07 Å². The van der Waals surface area contributed by atoms with E-state index in [0.29, 0.717) is 6.07 Å². The average Bonchev–Trinajstić information content (AvgIpc) is 2.27. The minimum atomic E-state index is -4.31. The fourth-order valence-electron chi connectivity index (χ4n) is 1.24. The van der Waals surface area contributed by atoms with E-state index in [2.05, 4.69) is 0 Å². The van der Waals surface area contributed by atoms with Crippen LogP contribution in [-0.4, -0.2) is 36.6 Å². The van der Waals surface area contributed by atoms with Crippen LogP contribution in [0, 0.1) is 5.82 Å². The van der Waals surface area contributed by atoms with Crippen molar-refractivity contribution < 1.29 is 32.6 Å². The quantitative estimate of drug-likeness (QED) is 0.680. The number of carboxylic acids is 2. The van der Waals surface area contributed by atoms with E-state index >= 15 is 0 Å². The zero-order chi connectivity index (χ0) is 14.6. The van der Waals surface area contributed by atoms with Gasteiger partial charge >= 0.3 is 11.9 Å². The van der Waals surface area contributed by atoms with Crippen LogP contribution in [0.15, 0.2) is 29.2 Å². The monoisotopic (exact) mass is 291 g/mol. The lowest BCUT2D eigenvalue weighted by Crippen LogP contribution is -2.42. The molecule has 7 nitrogen and oxygen atoms in total. The average molecular weight is 291 g/mol. The van der Waals surface area contributed by atoms with E-state index in [1.165, 1.54) is 0 Å². The molecule has 1 atom stereocenters. The number of benzene rings is 1. The first-order chi connectivity index (χ1) is 8.72. The van der Waals surface area contributed by atoms with Crippen molar-refractivity contribution in [3.05, 3.63) is 30.1 Å². The number of rotatable bonds is 6. The summed E-state index contributed by atoms with van der Waals surface area (Å²) in [5.74, 6) is -3.93. The standard InChI is InChI=1S/C10H10FNO6S/c11-6-2-1-3-7(4-6)19(17,18)12-8(10(15)16)5-9(13)14/h1-4,8,12H,5H2,(H,13,14)(H,15,16)/t8-/m0/s1. The van der Waals surface area contributed by atoms with Gasteiger partial charge in [0.05, 0.1) is 11.3 Å². The highest BCUT2D eigenvalue weighted by Gasteiger charge is 2.27. The first kappa shape index (κ1) is 15.1. The summed E-state index contributed by atoms with van der Waals surface area (Å²) in [5, 5.41) is 17.2. The first-order valence-corrected chi connectivity index (χ1v) is 6.43. The molecule has 0 unspecified atom stereocenters. The third-order valence-corrected chi connectivity index (χ3v) is 3.55. The van der Waals surface area contributed by atoms with E-state index in [-0.39, 0.29) is 0 Å². The highest BCUT2D eigenvalue weighted by molar-refractivity contribution is 7.89. The van der Waals surface area contributed by atoms with E-state index in [4.69, 9.17) is 10.2 Å². The molecule has 19 heavy (non-hydrogen) atoms. The van der Waals surface area contributed by atoms with Crippen LogP contribution < -0.4 is 4.72 Å². The number of nitrogens with one attached hydrogen (secondary N) is 1. The molecule has 0 aliphatic heterocycles. The van der Waals surface area contributed by atoms with Gasteiger partial charge in [0.2, 0.25) is 10.0 Å². The molecule has 1 rings (SSSR count). The Hall–Kier alpha value is -2.00. The Labute approximate surface area is 107 Å². The van der Waals surface area contributed by atoms with Gasteiger partial charge in [-0.2, -0.15) is 4.72 Å². The number of carbonyl (C=O) groups is 2. The Kier molecular flexibility index (Phi) is 4.57. The molecule has 0 saturated carbocycles. The number of hydrogen-bond acceptors (Lipinski definition) is 4. The zero-order valence-electron chi connectivity index (χ0n) is 9.41. The van der Waals surface area contributed by atoms with Crippen molar-refractivity contribution in [2.45, 2.75) is 17.4 Å². The van der Waals surface area contributed by atoms with Gasteiger partial charge in [0.15, 0.2) is 0 Å². The Balaban J connectivity index is 3.00. The third kappa shape index (κ3) is 4.30. The second kappa shape index (κ2) is 5.76. The van der Waals surface area contributed by atoms with Crippen LogP contribution in [0.4, 0.5) is 4.39 Å². The molecule has 0 aliphatic rings. The van der Waals surface area contributed by atoms with Gasteiger partial charge in [-0.3, -0.25) is 9.59 Å². The maximum atomic E-state index is 12.9. The van der Waals surface area contributed by atoms with Gasteiger partial charge in [0, 0.05) is 0 Å². The highest BCUT2D eigenvalue weighted by atomic mass is 32.2. The normalized spacial score (nSPS) is 12.9. The second-order valence-corrected chi connectivity index (χ2v) is 5.28. The molecule has 3 N–H and O–H groups in total. The topological polar surface area (TPSA) is 121 Å². The van der Waals surface area contributed by atoms with E-state index in [9.17, 15) is 22.4 Å². The predicted octanol–water partition coefficient (Wildman–Crippen LogP) is 0.0319. The third-order valence-electron chi connectivity index (χ3n) is 2.08. The predicted molar refractivity (Wildman–Crippen MR) is 60.4 cm³/mol. The van der Waals surface area contributed by atoms with Crippen molar-refractivity contribution in [1.82, 2.24) is 4.72 Å². The summed E-state index contributed by atoms with van der Waals surface area (Å²) in [6, 6.07) is 2.08. The van der Waals surface area contributed by atoms with Gasteiger partial charge < -0.3 is 10.2 Å². The smallest absolute Gasteiger partial charge is 0.322 e. The highest BCUT2D eigenvalue weighted by Crippen LogP contribution is 2.11. The molecule has 0 saturated heterocycles. The van der Waals surface area contributed by atoms with Crippen LogP contribution in [0.25, 0.3) is 0 Å². The van der Waals surface area contributed by atoms with Crippen molar-refractivity contribution >= 4 is 22.0 Å². The number of sulfonamides is 1. The van der Waals surface area contributed by atoms with Crippen molar-refractivity contribution in [1.29, 1.82) is 0 Å². The van der Waals surface area contributed by atoms with E-state index < -0.39 is 45.1 Å². The summed E-state index contributed by atoms with van der Waals surface area (Å²) in [5.41, 5.74) is 0. The molecule has 0 radical (unpaired) electrons. The molecule has 0 spiro atoms. The lowest BCUT2D eigenvalue weighted by atomic mass is 10.2. The summed E-state index contributed by atoms with van der Waals surface area (Å²) in [6.07, 6.45) is -0.927. The van der Waals surface area contributed by atoms with Crippen LogP contribution in [0.1, 0.15) is 6.42 Å². The Morgan fingerprint density at radius 3 is 2.42 bits per heavy atom. The molecular formula is C10H10FNO6S. The number of aliphatic carboxylic acids is 2. The van der Waals surface area contributed by atoms with Gasteiger partial charge in [-0.15, -0.1) is 0 Å². The molecule has 0 heterocycles. The summed E-state index contributed by atoms with van der Waals surface area (Å²) in [6.45, 7) is 0. The lowest BCUT2D eigenvalue weighted by Gasteiger charge is -2.12. The lowest BCUT2D eigenvalue weighted by molar-refractivity contribution is -0.145. The molecule has 1 aromatic rings. The van der Waals surface area contributed by atoms with Crippen molar-refractivity contribution in [3.8, 4) is 0 Å². The zero-order valence-corrected chi connectivity index (χ0v) is 10.2. The second-order valence-electron chi connectivity index (χ2n) is 3.57. The van der Waals surface area contributed by atoms with Gasteiger partial charge in [-0.25, -0.2) is 12.8 Å². The van der Waals surface area contributed by atoms with Gasteiger partial charge in [0.25, 0.3) is 0 Å². The molecule has 9 heteroatoms. The number of carboxylic acid groups (broad SMARTS) is 2. The molecule has 0 amide bonds. The molecule has 1 aromatic carbocycles. The van der Waals surface area contributed by atoms with Gasteiger partial charge in [-0.05, 0) is 18.2 Å².